The SMILES string of the molecule is CCCN(CC(F)(F)F)S(=O)(=O)Cc1ccccc1C#N. The fraction of sp³-hybridized carbons (Fsp3) is 0.462. The van der Waals surface area contributed by atoms with Crippen LogP contribution in [0.3, 0.4) is 0 Å². The number of halogens is 3. The molecule has 8 heteroatoms. The summed E-state index contributed by atoms with van der Waals surface area (Å²) < 4.78 is 62.2. The Morgan fingerprint density at radius 1 is 1.29 bits per heavy atom. The van der Waals surface area contributed by atoms with Crippen molar-refractivity contribution in [2.45, 2.75) is 25.3 Å². The Labute approximate surface area is 121 Å². The lowest BCUT2D eigenvalue weighted by Gasteiger charge is -2.23. The van der Waals surface area contributed by atoms with Gasteiger partial charge >= 0.3 is 6.18 Å². The normalized spacial score (nSPS) is 12.4. The maximum absolute atomic E-state index is 12.5. The Morgan fingerprint density at radius 3 is 2.43 bits per heavy atom. The third kappa shape index (κ3) is 5.36. The average Bonchev–Trinajstić information content (AvgIpc) is 2.37. The number of nitriles is 1. The van der Waals surface area contributed by atoms with Crippen LogP contribution in [0.2, 0.25) is 0 Å². The lowest BCUT2D eigenvalue weighted by molar-refractivity contribution is -0.136. The molecule has 0 heterocycles. The zero-order valence-corrected chi connectivity index (χ0v) is 12.2. The molecule has 0 aliphatic carbocycles. The van der Waals surface area contributed by atoms with Crippen LogP contribution in [0.4, 0.5) is 13.2 Å². The number of nitrogens with zero attached hydrogens (tertiary/aromatic N) is 2. The van der Waals surface area contributed by atoms with Crippen LogP contribution in [0, 0.1) is 11.3 Å². The molecule has 0 N–H and O–H groups in total. The fourth-order valence-electron chi connectivity index (χ4n) is 1.81. The van der Waals surface area contributed by atoms with Gasteiger partial charge in [0.05, 0.1) is 17.4 Å². The van der Waals surface area contributed by atoms with Gasteiger partial charge in [-0.05, 0) is 18.1 Å². The maximum Gasteiger partial charge on any atom is 0.402 e. The fourth-order valence-corrected chi connectivity index (χ4v) is 3.44. The number of rotatable bonds is 6. The van der Waals surface area contributed by atoms with E-state index in [9.17, 15) is 21.6 Å². The van der Waals surface area contributed by atoms with E-state index in [0.29, 0.717) is 4.31 Å². The van der Waals surface area contributed by atoms with E-state index >= 15 is 0 Å². The van der Waals surface area contributed by atoms with Gasteiger partial charge < -0.3 is 0 Å². The number of hydrogen-bond acceptors (Lipinski definition) is 3. The minimum Gasteiger partial charge on any atom is -0.212 e. The molecule has 116 valence electrons. The summed E-state index contributed by atoms with van der Waals surface area (Å²) in [7, 11) is -4.14. The molecule has 0 unspecified atom stereocenters. The Balaban J connectivity index is 3.04. The van der Waals surface area contributed by atoms with Crippen molar-refractivity contribution >= 4 is 10.0 Å². The van der Waals surface area contributed by atoms with Crippen LogP contribution >= 0.6 is 0 Å². The van der Waals surface area contributed by atoms with E-state index in [2.05, 4.69) is 0 Å². The average molecular weight is 320 g/mol. The number of benzene rings is 1. The highest BCUT2D eigenvalue weighted by Crippen LogP contribution is 2.21. The van der Waals surface area contributed by atoms with E-state index < -0.39 is 28.5 Å². The molecule has 0 saturated heterocycles. The molecule has 0 spiro atoms. The van der Waals surface area contributed by atoms with Crippen molar-refractivity contribution in [1.29, 1.82) is 5.26 Å². The topological polar surface area (TPSA) is 61.2 Å². The number of sulfonamides is 1. The quantitative estimate of drug-likeness (QED) is 0.809. The summed E-state index contributed by atoms with van der Waals surface area (Å²) in [5.41, 5.74) is 0.341. The van der Waals surface area contributed by atoms with Crippen LogP contribution in [0.5, 0.6) is 0 Å². The molecule has 1 aromatic carbocycles. The van der Waals surface area contributed by atoms with Gasteiger partial charge in [-0.1, -0.05) is 25.1 Å². The highest BCUT2D eigenvalue weighted by atomic mass is 32.2. The van der Waals surface area contributed by atoms with Crippen LogP contribution in [-0.4, -0.2) is 32.0 Å². The predicted octanol–water partition coefficient (Wildman–Crippen LogP) is 2.66. The Hall–Kier alpha value is -1.59. The van der Waals surface area contributed by atoms with Crippen LogP contribution < -0.4 is 0 Å². The zero-order valence-electron chi connectivity index (χ0n) is 11.4. The Bertz CT molecular complexity index is 621. The predicted molar refractivity (Wildman–Crippen MR) is 71.7 cm³/mol. The van der Waals surface area contributed by atoms with Gasteiger partial charge in [-0.25, -0.2) is 8.42 Å². The summed E-state index contributed by atoms with van der Waals surface area (Å²) in [6.07, 6.45) is -4.33. The van der Waals surface area contributed by atoms with Crippen molar-refractivity contribution < 1.29 is 21.6 Å². The lowest BCUT2D eigenvalue weighted by atomic mass is 10.1. The molecular formula is C13H15F3N2O2S. The van der Waals surface area contributed by atoms with Crippen molar-refractivity contribution in [1.82, 2.24) is 4.31 Å². The summed E-state index contributed by atoms with van der Waals surface area (Å²) in [6.45, 7) is -0.128. The summed E-state index contributed by atoms with van der Waals surface area (Å²) in [5, 5.41) is 8.91. The van der Waals surface area contributed by atoms with Gasteiger partial charge in [0.25, 0.3) is 0 Å². The molecule has 0 atom stereocenters. The molecule has 1 rings (SSSR count). The second-order valence-corrected chi connectivity index (χ2v) is 6.44. The molecule has 0 aliphatic heterocycles. The molecule has 4 nitrogen and oxygen atoms in total. The van der Waals surface area contributed by atoms with E-state index in [4.69, 9.17) is 5.26 Å². The Kier molecular flexibility index (Phi) is 5.75. The monoisotopic (exact) mass is 320 g/mol. The first-order chi connectivity index (χ1) is 9.69. The molecule has 0 aliphatic rings. The minimum atomic E-state index is -4.60. The van der Waals surface area contributed by atoms with Crippen molar-refractivity contribution in [3.05, 3.63) is 35.4 Å². The molecule has 0 saturated carbocycles. The highest BCUT2D eigenvalue weighted by Gasteiger charge is 2.36. The number of alkyl halides is 3. The Morgan fingerprint density at radius 2 is 1.90 bits per heavy atom. The van der Waals surface area contributed by atoms with Crippen molar-refractivity contribution in [2.75, 3.05) is 13.1 Å². The van der Waals surface area contributed by atoms with Gasteiger partial charge in [0.2, 0.25) is 10.0 Å². The van der Waals surface area contributed by atoms with Crippen LogP contribution in [0.1, 0.15) is 24.5 Å². The van der Waals surface area contributed by atoms with E-state index in [1.165, 1.54) is 12.1 Å². The largest absolute Gasteiger partial charge is 0.402 e. The first-order valence-electron chi connectivity index (χ1n) is 6.22. The van der Waals surface area contributed by atoms with Gasteiger partial charge in [0, 0.05) is 6.54 Å². The van der Waals surface area contributed by atoms with E-state index in [1.54, 1.807) is 19.1 Å². The van der Waals surface area contributed by atoms with Crippen molar-refractivity contribution in [3.63, 3.8) is 0 Å². The number of hydrogen-bond donors (Lipinski definition) is 0. The second-order valence-electron chi connectivity index (χ2n) is 4.47. The molecule has 21 heavy (non-hydrogen) atoms. The smallest absolute Gasteiger partial charge is 0.212 e. The van der Waals surface area contributed by atoms with E-state index in [-0.39, 0.29) is 24.1 Å². The summed E-state index contributed by atoms with van der Waals surface area (Å²) in [6, 6.07) is 7.79. The van der Waals surface area contributed by atoms with Crippen LogP contribution in [-0.2, 0) is 15.8 Å². The van der Waals surface area contributed by atoms with E-state index in [0.717, 1.165) is 0 Å². The third-order valence-corrected chi connectivity index (χ3v) is 4.47. The molecule has 0 bridgehead atoms. The summed E-state index contributed by atoms with van der Waals surface area (Å²) in [4.78, 5) is 0. The molecule has 1 aromatic rings. The van der Waals surface area contributed by atoms with Gasteiger partial charge in [0.15, 0.2) is 0 Å². The van der Waals surface area contributed by atoms with Crippen LogP contribution in [0.25, 0.3) is 0 Å². The summed E-state index contributed by atoms with van der Waals surface area (Å²) in [5.74, 6) is -0.618. The molecule has 0 radical (unpaired) electrons. The van der Waals surface area contributed by atoms with Gasteiger partial charge in [-0.15, -0.1) is 0 Å². The van der Waals surface area contributed by atoms with Crippen molar-refractivity contribution in [3.8, 4) is 6.07 Å². The zero-order chi connectivity index (χ0) is 16.1. The molecule has 0 aromatic heterocycles. The first-order valence-corrected chi connectivity index (χ1v) is 7.83. The van der Waals surface area contributed by atoms with E-state index in [1.807, 2.05) is 6.07 Å². The van der Waals surface area contributed by atoms with Gasteiger partial charge in [-0.3, -0.25) is 0 Å². The first kappa shape index (κ1) is 17.5. The standard InChI is InChI=1S/C13H15F3N2O2S/c1-2-7-18(10-13(14,15)16)21(19,20)9-12-6-4-3-5-11(12)8-17/h3-6H,2,7,9-10H2,1H3. The summed E-state index contributed by atoms with van der Waals surface area (Å²) >= 11 is 0. The van der Waals surface area contributed by atoms with Gasteiger partial charge in [-0.2, -0.15) is 22.7 Å². The second kappa shape index (κ2) is 6.91. The van der Waals surface area contributed by atoms with Crippen molar-refractivity contribution in [2.24, 2.45) is 0 Å². The minimum absolute atomic E-state index is 0.143. The molecule has 0 amide bonds. The van der Waals surface area contributed by atoms with Gasteiger partial charge in [0.1, 0.15) is 6.54 Å². The molecular weight excluding hydrogens is 305 g/mol. The lowest BCUT2D eigenvalue weighted by Crippen LogP contribution is -2.40. The maximum atomic E-state index is 12.5. The molecule has 0 fully saturated rings. The van der Waals surface area contributed by atoms with Crippen LogP contribution in [0.15, 0.2) is 24.3 Å². The highest BCUT2D eigenvalue weighted by molar-refractivity contribution is 7.88. The third-order valence-electron chi connectivity index (χ3n) is 2.70.